The predicted octanol–water partition coefficient (Wildman–Crippen LogP) is 1.18. The van der Waals surface area contributed by atoms with Crippen LogP contribution in [0.4, 0.5) is 0 Å². The molecule has 0 aliphatic heterocycles. The quantitative estimate of drug-likeness (QED) is 0.473. The lowest BCUT2D eigenvalue weighted by Crippen LogP contribution is -1.89. The van der Waals surface area contributed by atoms with E-state index in [1.807, 2.05) is 0 Å². The summed E-state index contributed by atoms with van der Waals surface area (Å²) in [6, 6.07) is 0. The van der Waals surface area contributed by atoms with Crippen LogP contribution in [-0.4, -0.2) is 18.2 Å². The van der Waals surface area contributed by atoms with Crippen molar-refractivity contribution in [1.82, 2.24) is 0 Å². The molecule has 10 heavy (non-hydrogen) atoms. The SMILES string of the molecule is CO/C=C\C=C\CC(=O)O. The van der Waals surface area contributed by atoms with Crippen LogP contribution in [-0.2, 0) is 9.53 Å². The molecule has 0 unspecified atom stereocenters. The standard InChI is InChI=1S/C7H10O3/c1-10-6-4-2-3-5-7(8)9/h2-4,6H,5H2,1H3,(H,8,9)/b3-2+,6-4-. The lowest BCUT2D eigenvalue weighted by molar-refractivity contribution is -0.135. The summed E-state index contributed by atoms with van der Waals surface area (Å²) in [7, 11) is 1.53. The second-order valence-electron chi connectivity index (χ2n) is 1.59. The Kier molecular flexibility index (Phi) is 5.14. The van der Waals surface area contributed by atoms with Gasteiger partial charge in [0, 0.05) is 0 Å². The number of rotatable bonds is 4. The van der Waals surface area contributed by atoms with Crippen LogP contribution in [0.15, 0.2) is 24.5 Å². The molecule has 0 atom stereocenters. The predicted molar refractivity (Wildman–Crippen MR) is 37.5 cm³/mol. The van der Waals surface area contributed by atoms with E-state index in [9.17, 15) is 4.79 Å². The summed E-state index contributed by atoms with van der Waals surface area (Å²) in [5.41, 5.74) is 0. The molecule has 1 N–H and O–H groups in total. The van der Waals surface area contributed by atoms with Gasteiger partial charge in [-0.3, -0.25) is 4.79 Å². The lowest BCUT2D eigenvalue weighted by atomic mass is 10.4. The van der Waals surface area contributed by atoms with Crippen molar-refractivity contribution >= 4 is 5.97 Å². The highest BCUT2D eigenvalue weighted by molar-refractivity contribution is 5.68. The molecule has 0 amide bonds. The van der Waals surface area contributed by atoms with E-state index < -0.39 is 5.97 Å². The molecule has 0 saturated carbocycles. The van der Waals surface area contributed by atoms with Gasteiger partial charge in [0.15, 0.2) is 0 Å². The molecule has 3 heteroatoms. The van der Waals surface area contributed by atoms with Crippen LogP contribution in [0.3, 0.4) is 0 Å². The smallest absolute Gasteiger partial charge is 0.307 e. The summed E-state index contributed by atoms with van der Waals surface area (Å²) in [4.78, 5) is 9.93. The van der Waals surface area contributed by atoms with Gasteiger partial charge in [0.05, 0.1) is 19.8 Å². The fraction of sp³-hybridized carbons (Fsp3) is 0.286. The Labute approximate surface area is 59.6 Å². The van der Waals surface area contributed by atoms with Crippen LogP contribution in [0.5, 0.6) is 0 Å². The molecule has 0 saturated heterocycles. The Balaban J connectivity index is 3.37. The van der Waals surface area contributed by atoms with E-state index in [2.05, 4.69) is 4.74 Å². The lowest BCUT2D eigenvalue weighted by Gasteiger charge is -1.82. The molecule has 0 heterocycles. The first-order valence-corrected chi connectivity index (χ1v) is 2.83. The maximum absolute atomic E-state index is 9.93. The van der Waals surface area contributed by atoms with Crippen molar-refractivity contribution < 1.29 is 14.6 Å². The summed E-state index contributed by atoms with van der Waals surface area (Å²) in [6.45, 7) is 0. The third kappa shape index (κ3) is 6.75. The second-order valence-corrected chi connectivity index (χ2v) is 1.59. The van der Waals surface area contributed by atoms with E-state index >= 15 is 0 Å². The molecular formula is C7H10O3. The zero-order valence-corrected chi connectivity index (χ0v) is 5.78. The minimum atomic E-state index is -0.831. The molecular weight excluding hydrogens is 132 g/mol. The topological polar surface area (TPSA) is 46.5 Å². The Morgan fingerprint density at radius 2 is 2.30 bits per heavy atom. The van der Waals surface area contributed by atoms with Gasteiger partial charge in [0.2, 0.25) is 0 Å². The molecule has 0 aromatic rings. The fourth-order valence-corrected chi connectivity index (χ4v) is 0.371. The van der Waals surface area contributed by atoms with E-state index in [4.69, 9.17) is 5.11 Å². The highest BCUT2D eigenvalue weighted by Crippen LogP contribution is 1.83. The highest BCUT2D eigenvalue weighted by atomic mass is 16.5. The number of ether oxygens (including phenoxy) is 1. The van der Waals surface area contributed by atoms with Gasteiger partial charge in [-0.2, -0.15) is 0 Å². The molecule has 0 aromatic carbocycles. The molecule has 56 valence electrons. The van der Waals surface area contributed by atoms with Crippen LogP contribution in [0.2, 0.25) is 0 Å². The van der Waals surface area contributed by atoms with E-state index in [0.717, 1.165) is 0 Å². The van der Waals surface area contributed by atoms with Crippen LogP contribution in [0.25, 0.3) is 0 Å². The minimum Gasteiger partial charge on any atom is -0.504 e. The van der Waals surface area contributed by atoms with Gasteiger partial charge >= 0.3 is 5.97 Å². The van der Waals surface area contributed by atoms with E-state index in [1.165, 1.54) is 19.4 Å². The van der Waals surface area contributed by atoms with Crippen molar-refractivity contribution in [2.45, 2.75) is 6.42 Å². The fourth-order valence-electron chi connectivity index (χ4n) is 0.371. The summed E-state index contributed by atoms with van der Waals surface area (Å²) in [5, 5.41) is 8.16. The van der Waals surface area contributed by atoms with Crippen molar-refractivity contribution in [1.29, 1.82) is 0 Å². The largest absolute Gasteiger partial charge is 0.504 e. The van der Waals surface area contributed by atoms with E-state index in [1.54, 1.807) is 12.2 Å². The number of aliphatic carboxylic acids is 1. The third-order valence-corrected chi connectivity index (χ3v) is 0.754. The average Bonchev–Trinajstić information content (AvgIpc) is 1.87. The molecule has 0 rings (SSSR count). The molecule has 0 aliphatic carbocycles. The highest BCUT2D eigenvalue weighted by Gasteiger charge is 1.86. The first-order chi connectivity index (χ1) is 4.77. The molecule has 0 bridgehead atoms. The maximum atomic E-state index is 9.93. The number of carboxylic acids is 1. The van der Waals surface area contributed by atoms with E-state index in [0.29, 0.717) is 0 Å². The van der Waals surface area contributed by atoms with Gasteiger partial charge in [-0.1, -0.05) is 12.2 Å². The zero-order chi connectivity index (χ0) is 7.82. The van der Waals surface area contributed by atoms with Crippen LogP contribution in [0, 0.1) is 0 Å². The molecule has 0 radical (unpaired) electrons. The van der Waals surface area contributed by atoms with Crippen LogP contribution >= 0.6 is 0 Å². The summed E-state index contributed by atoms with van der Waals surface area (Å²) < 4.78 is 4.57. The van der Waals surface area contributed by atoms with Gasteiger partial charge in [-0.05, 0) is 6.08 Å². The number of hydrogen-bond donors (Lipinski definition) is 1. The molecule has 0 spiro atoms. The number of carbonyl (C=O) groups is 1. The number of hydrogen-bond acceptors (Lipinski definition) is 2. The van der Waals surface area contributed by atoms with Crippen LogP contribution < -0.4 is 0 Å². The molecule has 0 aliphatic rings. The first-order valence-electron chi connectivity index (χ1n) is 2.83. The summed E-state index contributed by atoms with van der Waals surface area (Å²) in [6.07, 6.45) is 6.31. The monoisotopic (exact) mass is 142 g/mol. The van der Waals surface area contributed by atoms with Crippen molar-refractivity contribution in [3.63, 3.8) is 0 Å². The van der Waals surface area contributed by atoms with Crippen molar-refractivity contribution in [3.05, 3.63) is 24.5 Å². The first kappa shape index (κ1) is 8.75. The molecule has 3 nitrogen and oxygen atoms in total. The number of allylic oxidation sites excluding steroid dienone is 2. The van der Waals surface area contributed by atoms with Gasteiger partial charge in [0.1, 0.15) is 0 Å². The van der Waals surface area contributed by atoms with Crippen LogP contribution in [0.1, 0.15) is 6.42 Å². The Hall–Kier alpha value is -1.25. The van der Waals surface area contributed by atoms with Crippen molar-refractivity contribution in [3.8, 4) is 0 Å². The molecule has 0 aromatic heterocycles. The third-order valence-electron chi connectivity index (χ3n) is 0.754. The molecule has 0 fully saturated rings. The van der Waals surface area contributed by atoms with Crippen molar-refractivity contribution in [2.24, 2.45) is 0 Å². The Morgan fingerprint density at radius 3 is 2.80 bits per heavy atom. The number of carboxylic acid groups (broad SMARTS) is 1. The Morgan fingerprint density at radius 1 is 1.60 bits per heavy atom. The van der Waals surface area contributed by atoms with Gasteiger partial charge in [-0.15, -0.1) is 0 Å². The zero-order valence-electron chi connectivity index (χ0n) is 5.78. The normalized spacial score (nSPS) is 10.9. The van der Waals surface area contributed by atoms with Gasteiger partial charge < -0.3 is 9.84 Å². The van der Waals surface area contributed by atoms with E-state index in [-0.39, 0.29) is 6.42 Å². The number of methoxy groups -OCH3 is 1. The maximum Gasteiger partial charge on any atom is 0.307 e. The Bertz CT molecular complexity index is 147. The second kappa shape index (κ2) is 5.88. The van der Waals surface area contributed by atoms with Crippen molar-refractivity contribution in [2.75, 3.05) is 7.11 Å². The van der Waals surface area contributed by atoms with Gasteiger partial charge in [-0.25, -0.2) is 0 Å². The summed E-state index contributed by atoms with van der Waals surface area (Å²) >= 11 is 0. The average molecular weight is 142 g/mol. The van der Waals surface area contributed by atoms with Gasteiger partial charge in [0.25, 0.3) is 0 Å². The minimum absolute atomic E-state index is 0.0497. The summed E-state index contributed by atoms with van der Waals surface area (Å²) in [5.74, 6) is -0.831.